The number of pyridine rings is 1. The highest BCUT2D eigenvalue weighted by molar-refractivity contribution is 6.02. The molecule has 64 heavy (non-hydrogen) atoms. The maximum absolute atomic E-state index is 5.62. The second-order valence-electron chi connectivity index (χ2n) is 17.1. The lowest BCUT2D eigenvalue weighted by atomic mass is 9.86. The molecule has 0 spiro atoms. The zero-order valence-electron chi connectivity index (χ0n) is 38.2. The van der Waals surface area contributed by atoms with Gasteiger partial charge in [-0.15, -0.1) is 0 Å². The zero-order chi connectivity index (χ0) is 44.5. The summed E-state index contributed by atoms with van der Waals surface area (Å²) in [7, 11) is 0. The molecule has 7 aromatic rings. The Morgan fingerprint density at radius 3 is 2.23 bits per heavy atom. The van der Waals surface area contributed by atoms with Gasteiger partial charge in [-0.05, 0) is 180 Å². The van der Waals surface area contributed by atoms with Gasteiger partial charge in [-0.3, -0.25) is 4.99 Å². The summed E-state index contributed by atoms with van der Waals surface area (Å²) in [6, 6.07) is 44.4. The van der Waals surface area contributed by atoms with E-state index in [1.165, 1.54) is 94.4 Å². The molecule has 0 saturated heterocycles. The van der Waals surface area contributed by atoms with Crippen molar-refractivity contribution in [1.82, 2.24) is 4.98 Å². The zero-order valence-corrected chi connectivity index (χ0v) is 38.2. The lowest BCUT2D eigenvalue weighted by molar-refractivity contribution is 0.892. The molecule has 0 unspecified atom stereocenters. The molecule has 0 aliphatic heterocycles. The first kappa shape index (κ1) is 42.2. The second kappa shape index (κ2) is 17.9. The smallest absolute Gasteiger partial charge is 0.0859 e. The van der Waals surface area contributed by atoms with Crippen LogP contribution < -0.4 is 4.90 Å². The van der Waals surface area contributed by atoms with Gasteiger partial charge in [0.15, 0.2) is 0 Å². The standard InChI is InChI=1S/C59H51N3.C2H6/c1-7-42-32-43-21-11-13-23-47(43)51(42)31-38(3)46-34-49(45-28-29-55(39(4)30-45)62(36-41-19-9-8-10-20-41)56-27-16-15-25-53(56)60-6)40(5)50(35-46)59-58-48-24-14-12-22-44(48)33-52(58)57-37(2)18-17-26-54(57)61-59;1-2/h7-9,11-19,21-31,34-35H,1,6,10,20,32-33,36H2,2-5H3;1-2H3/b38-31+;. The van der Waals surface area contributed by atoms with Crippen molar-refractivity contribution in [1.29, 1.82) is 0 Å². The van der Waals surface area contributed by atoms with Crippen molar-refractivity contribution in [2.24, 2.45) is 4.99 Å². The van der Waals surface area contributed by atoms with Gasteiger partial charge in [0.2, 0.25) is 0 Å². The first-order valence-electron chi connectivity index (χ1n) is 22.9. The quantitative estimate of drug-likeness (QED) is 0.128. The van der Waals surface area contributed by atoms with Crippen molar-refractivity contribution >= 4 is 45.8 Å². The van der Waals surface area contributed by atoms with Crippen LogP contribution >= 0.6 is 0 Å². The molecule has 1 aromatic heterocycles. The first-order chi connectivity index (χ1) is 31.3. The van der Waals surface area contributed by atoms with Crippen LogP contribution in [0.4, 0.5) is 17.1 Å². The Morgan fingerprint density at radius 2 is 1.48 bits per heavy atom. The molecule has 3 nitrogen and oxygen atoms in total. The van der Waals surface area contributed by atoms with Crippen LogP contribution in [0.15, 0.2) is 174 Å². The van der Waals surface area contributed by atoms with Crippen molar-refractivity contribution in [2.75, 3.05) is 11.4 Å². The molecule has 10 rings (SSSR count). The van der Waals surface area contributed by atoms with Crippen LogP contribution in [0.2, 0.25) is 0 Å². The number of hydrogen-bond donors (Lipinski definition) is 0. The van der Waals surface area contributed by atoms with E-state index in [-0.39, 0.29) is 0 Å². The fourth-order valence-corrected chi connectivity index (χ4v) is 10.1. The number of hydrogen-bond acceptors (Lipinski definition) is 3. The SMILES string of the molecule is C=CC1=C(/C=C(\C)c2cc(-c3ccc(N(CC4=CC=CCC4)c4ccccc4N=C)c(C)c3)c(C)c(-c3nc4cccc(C)c4c4c3-c3ccccc3C4)c2)c2ccccc2C1.CC. The Labute approximate surface area is 380 Å². The van der Waals surface area contributed by atoms with Crippen LogP contribution in [0, 0.1) is 20.8 Å². The van der Waals surface area contributed by atoms with Crippen molar-refractivity contribution in [3.8, 4) is 33.5 Å². The summed E-state index contributed by atoms with van der Waals surface area (Å²) < 4.78 is 0. The summed E-state index contributed by atoms with van der Waals surface area (Å²) >= 11 is 0. The molecule has 1 heterocycles. The van der Waals surface area contributed by atoms with E-state index in [9.17, 15) is 0 Å². The van der Waals surface area contributed by atoms with Crippen LogP contribution in [0.25, 0.3) is 55.6 Å². The number of para-hydroxylation sites is 2. The van der Waals surface area contributed by atoms with Crippen LogP contribution in [-0.4, -0.2) is 18.2 Å². The Kier molecular flexibility index (Phi) is 11.8. The lowest BCUT2D eigenvalue weighted by Gasteiger charge is -2.30. The van der Waals surface area contributed by atoms with Crippen molar-refractivity contribution in [2.45, 2.75) is 67.2 Å². The normalized spacial score (nSPS) is 13.8. The number of aryl methyl sites for hydroxylation is 2. The number of fused-ring (bicyclic) bond motifs is 6. The summed E-state index contributed by atoms with van der Waals surface area (Å²) in [6.45, 7) is 22.0. The van der Waals surface area contributed by atoms with Gasteiger partial charge in [0.05, 0.1) is 22.6 Å². The third-order valence-corrected chi connectivity index (χ3v) is 13.3. The van der Waals surface area contributed by atoms with Crippen molar-refractivity contribution in [3.63, 3.8) is 0 Å². The fourth-order valence-electron chi connectivity index (χ4n) is 10.1. The van der Waals surface area contributed by atoms with Gasteiger partial charge in [0.25, 0.3) is 0 Å². The van der Waals surface area contributed by atoms with Crippen LogP contribution in [-0.2, 0) is 12.8 Å². The van der Waals surface area contributed by atoms with Gasteiger partial charge in [0.1, 0.15) is 0 Å². The van der Waals surface area contributed by atoms with Gasteiger partial charge in [-0.1, -0.05) is 135 Å². The molecular formula is C61H57N3. The molecule has 6 aromatic carbocycles. The van der Waals surface area contributed by atoms with Gasteiger partial charge in [0, 0.05) is 28.7 Å². The molecule has 0 fully saturated rings. The van der Waals surface area contributed by atoms with Crippen molar-refractivity contribution in [3.05, 3.63) is 214 Å². The van der Waals surface area contributed by atoms with E-state index < -0.39 is 0 Å². The molecule has 0 atom stereocenters. The van der Waals surface area contributed by atoms with Crippen LogP contribution in [0.5, 0.6) is 0 Å². The number of nitrogens with zero attached hydrogens (tertiary/aromatic N) is 3. The number of aromatic nitrogens is 1. The van der Waals surface area contributed by atoms with E-state index in [0.29, 0.717) is 0 Å². The van der Waals surface area contributed by atoms with Crippen molar-refractivity contribution < 1.29 is 0 Å². The monoisotopic (exact) mass is 831 g/mol. The second-order valence-corrected chi connectivity index (χ2v) is 17.1. The summed E-state index contributed by atoms with van der Waals surface area (Å²) in [4.78, 5) is 12.5. The molecule has 3 aliphatic carbocycles. The summed E-state index contributed by atoms with van der Waals surface area (Å²) in [6.07, 6.45) is 15.0. The topological polar surface area (TPSA) is 28.5 Å². The fraction of sp³-hybridized carbons (Fsp3) is 0.180. The molecule has 0 bridgehead atoms. The summed E-state index contributed by atoms with van der Waals surface area (Å²) in [5.74, 6) is 0. The molecular weight excluding hydrogens is 775 g/mol. The van der Waals surface area contributed by atoms with E-state index in [1.54, 1.807) is 0 Å². The number of allylic oxidation sites excluding steroid dienone is 8. The molecule has 0 saturated carbocycles. The Bertz CT molecular complexity index is 3130. The summed E-state index contributed by atoms with van der Waals surface area (Å²) in [5, 5.41) is 1.28. The van der Waals surface area contributed by atoms with Gasteiger partial charge < -0.3 is 4.90 Å². The van der Waals surface area contributed by atoms with E-state index >= 15 is 0 Å². The Balaban J connectivity index is 0.00000256. The van der Waals surface area contributed by atoms with Crippen LogP contribution in [0.3, 0.4) is 0 Å². The highest BCUT2D eigenvalue weighted by Crippen LogP contribution is 2.48. The lowest BCUT2D eigenvalue weighted by Crippen LogP contribution is -2.21. The average Bonchev–Trinajstić information content (AvgIpc) is 3.90. The average molecular weight is 832 g/mol. The molecule has 0 amide bonds. The maximum Gasteiger partial charge on any atom is 0.0859 e. The largest absolute Gasteiger partial charge is 0.335 e. The van der Waals surface area contributed by atoms with E-state index in [4.69, 9.17) is 4.98 Å². The van der Waals surface area contributed by atoms with E-state index in [0.717, 1.165) is 66.1 Å². The Morgan fingerprint density at radius 1 is 0.750 bits per heavy atom. The third kappa shape index (κ3) is 7.60. The first-order valence-corrected chi connectivity index (χ1v) is 22.9. The summed E-state index contributed by atoms with van der Waals surface area (Å²) in [5.41, 5.74) is 26.7. The predicted molar refractivity (Wildman–Crippen MR) is 276 cm³/mol. The minimum atomic E-state index is 0.783. The molecule has 0 radical (unpaired) electrons. The van der Waals surface area contributed by atoms with Crippen LogP contribution in [0.1, 0.15) is 78.1 Å². The Hall–Kier alpha value is -7.10. The number of aliphatic imine (C=N–C) groups is 1. The van der Waals surface area contributed by atoms with E-state index in [1.807, 2.05) is 26.0 Å². The molecule has 3 aliphatic rings. The number of benzene rings is 6. The number of rotatable bonds is 10. The van der Waals surface area contributed by atoms with Gasteiger partial charge in [-0.25, -0.2) is 4.98 Å². The predicted octanol–water partition coefficient (Wildman–Crippen LogP) is 16.4. The van der Waals surface area contributed by atoms with Gasteiger partial charge >= 0.3 is 0 Å². The maximum atomic E-state index is 5.62. The van der Waals surface area contributed by atoms with Gasteiger partial charge in [-0.2, -0.15) is 0 Å². The highest BCUT2D eigenvalue weighted by atomic mass is 15.1. The molecule has 0 N–H and O–H groups in total. The molecule has 3 heteroatoms. The minimum absolute atomic E-state index is 0.783. The third-order valence-electron chi connectivity index (χ3n) is 13.3. The minimum Gasteiger partial charge on any atom is -0.335 e. The molecule has 316 valence electrons. The van der Waals surface area contributed by atoms with E-state index in [2.05, 4.69) is 190 Å². The number of anilines is 2. The highest BCUT2D eigenvalue weighted by Gasteiger charge is 2.28.